The van der Waals surface area contributed by atoms with Crippen LogP contribution >= 0.6 is 0 Å². The number of aromatic carboxylic acids is 1. The Balaban J connectivity index is 1.49. The van der Waals surface area contributed by atoms with Crippen molar-refractivity contribution in [1.29, 1.82) is 0 Å². The number of carboxylic acids is 1. The van der Waals surface area contributed by atoms with Crippen LogP contribution in [0.2, 0.25) is 0 Å². The van der Waals surface area contributed by atoms with Crippen molar-refractivity contribution >= 4 is 17.6 Å². The number of rotatable bonds is 8. The molecule has 2 N–H and O–H groups in total. The fourth-order valence-electron chi connectivity index (χ4n) is 3.15. The summed E-state index contributed by atoms with van der Waals surface area (Å²) in [5.41, 5.74) is 1.02. The van der Waals surface area contributed by atoms with Gasteiger partial charge in [-0.15, -0.1) is 0 Å². The molecule has 0 amide bonds. The lowest BCUT2D eigenvalue weighted by molar-refractivity contribution is 0.0690. The maximum Gasteiger partial charge on any atom is 0.354 e. The van der Waals surface area contributed by atoms with Crippen LogP contribution in [0.4, 0.5) is 11.6 Å². The van der Waals surface area contributed by atoms with Crippen LogP contribution in [-0.4, -0.2) is 79.4 Å². The zero-order valence-electron chi connectivity index (χ0n) is 16.1. The van der Waals surface area contributed by atoms with Crippen molar-refractivity contribution in [3.8, 4) is 11.5 Å². The van der Waals surface area contributed by atoms with Gasteiger partial charge in [0.1, 0.15) is 11.5 Å². The number of carbonyl (C=O) groups is 1. The normalized spacial score (nSPS) is 14.6. The predicted octanol–water partition coefficient (Wildman–Crippen LogP) is 1.43. The number of carboxylic acid groups (broad SMARTS) is 1. The van der Waals surface area contributed by atoms with Gasteiger partial charge in [0.25, 0.3) is 0 Å². The van der Waals surface area contributed by atoms with E-state index in [9.17, 15) is 4.79 Å². The number of methoxy groups -OCH3 is 2. The molecule has 2 heterocycles. The van der Waals surface area contributed by atoms with E-state index in [1.54, 1.807) is 14.2 Å². The van der Waals surface area contributed by atoms with Crippen molar-refractivity contribution in [2.45, 2.75) is 0 Å². The molecule has 2 aromatic rings. The number of hydrogen-bond acceptors (Lipinski definition) is 8. The second-order valence-electron chi connectivity index (χ2n) is 6.36. The molecule has 0 bridgehead atoms. The summed E-state index contributed by atoms with van der Waals surface area (Å²) >= 11 is 0. The molecule has 0 radical (unpaired) electrons. The third-order valence-corrected chi connectivity index (χ3v) is 4.68. The van der Waals surface area contributed by atoms with E-state index in [4.69, 9.17) is 14.6 Å². The average molecular weight is 387 g/mol. The zero-order chi connectivity index (χ0) is 19.9. The van der Waals surface area contributed by atoms with Gasteiger partial charge in [-0.1, -0.05) is 0 Å². The summed E-state index contributed by atoms with van der Waals surface area (Å²) < 4.78 is 10.8. The molecule has 28 heavy (non-hydrogen) atoms. The Kier molecular flexibility index (Phi) is 6.49. The Hall–Kier alpha value is -3.07. The van der Waals surface area contributed by atoms with Gasteiger partial charge in [-0.3, -0.25) is 4.90 Å². The Bertz CT molecular complexity index is 809. The molecule has 9 nitrogen and oxygen atoms in total. The summed E-state index contributed by atoms with van der Waals surface area (Å²) in [4.78, 5) is 23.6. The summed E-state index contributed by atoms with van der Waals surface area (Å²) in [6.45, 7) is 5.06. The van der Waals surface area contributed by atoms with Crippen molar-refractivity contribution in [1.82, 2.24) is 14.9 Å². The first-order chi connectivity index (χ1) is 13.6. The smallest absolute Gasteiger partial charge is 0.354 e. The first-order valence-corrected chi connectivity index (χ1v) is 9.10. The molecule has 0 unspecified atom stereocenters. The van der Waals surface area contributed by atoms with E-state index < -0.39 is 5.97 Å². The summed E-state index contributed by atoms with van der Waals surface area (Å²) in [6, 6.07) is 7.20. The Morgan fingerprint density at radius 3 is 2.64 bits per heavy atom. The van der Waals surface area contributed by atoms with Gasteiger partial charge < -0.3 is 24.8 Å². The molecular formula is C19H25N5O4. The Morgan fingerprint density at radius 2 is 1.96 bits per heavy atom. The lowest BCUT2D eigenvalue weighted by Gasteiger charge is -2.36. The molecule has 1 fully saturated rings. The maximum absolute atomic E-state index is 11.0. The van der Waals surface area contributed by atoms with E-state index in [2.05, 4.69) is 25.1 Å². The van der Waals surface area contributed by atoms with Crippen molar-refractivity contribution < 1.29 is 19.4 Å². The molecule has 9 heteroatoms. The fourth-order valence-corrected chi connectivity index (χ4v) is 3.15. The van der Waals surface area contributed by atoms with Gasteiger partial charge in [-0.2, -0.15) is 0 Å². The van der Waals surface area contributed by atoms with Gasteiger partial charge in [0, 0.05) is 51.5 Å². The number of ether oxygens (including phenoxy) is 2. The van der Waals surface area contributed by atoms with E-state index in [0.717, 1.165) is 49.9 Å². The van der Waals surface area contributed by atoms with Crippen LogP contribution in [0.3, 0.4) is 0 Å². The van der Waals surface area contributed by atoms with Crippen molar-refractivity contribution in [3.05, 3.63) is 36.2 Å². The number of benzene rings is 1. The molecule has 0 spiro atoms. The molecular weight excluding hydrogens is 362 g/mol. The standard InChI is InChI=1S/C19H25N5O4/c1-27-14-3-4-17(28-2)16(13-14)24-11-9-23(10-12-24)8-7-21-19-20-6-5-15(22-19)18(25)26/h3-6,13H,7-12H2,1-2H3,(H,25,26)(H,20,21,22). The van der Waals surface area contributed by atoms with E-state index in [1.807, 2.05) is 18.2 Å². The molecule has 1 aliphatic rings. The largest absolute Gasteiger partial charge is 0.497 e. The second kappa shape index (κ2) is 9.23. The molecule has 1 aliphatic heterocycles. The number of hydrogen-bond donors (Lipinski definition) is 2. The molecule has 1 aromatic heterocycles. The molecule has 3 rings (SSSR count). The van der Waals surface area contributed by atoms with E-state index in [-0.39, 0.29) is 5.69 Å². The SMILES string of the molecule is COc1ccc(OC)c(N2CCN(CCNc3nccc(C(=O)O)n3)CC2)c1. The zero-order valence-corrected chi connectivity index (χ0v) is 16.1. The van der Waals surface area contributed by atoms with Crippen LogP contribution < -0.4 is 19.7 Å². The van der Waals surface area contributed by atoms with Crippen LogP contribution in [0.25, 0.3) is 0 Å². The van der Waals surface area contributed by atoms with Gasteiger partial charge >= 0.3 is 5.97 Å². The topological polar surface area (TPSA) is 100 Å². The molecule has 0 atom stereocenters. The molecule has 1 saturated heterocycles. The van der Waals surface area contributed by atoms with Gasteiger partial charge in [0.2, 0.25) is 5.95 Å². The number of piperazine rings is 1. The minimum Gasteiger partial charge on any atom is -0.497 e. The monoisotopic (exact) mass is 387 g/mol. The highest BCUT2D eigenvalue weighted by atomic mass is 16.5. The van der Waals surface area contributed by atoms with E-state index in [1.165, 1.54) is 12.3 Å². The maximum atomic E-state index is 11.0. The number of aromatic nitrogens is 2. The van der Waals surface area contributed by atoms with Crippen molar-refractivity contribution in [3.63, 3.8) is 0 Å². The highest BCUT2D eigenvalue weighted by Gasteiger charge is 2.20. The molecule has 0 aliphatic carbocycles. The second-order valence-corrected chi connectivity index (χ2v) is 6.36. The third-order valence-electron chi connectivity index (χ3n) is 4.68. The first-order valence-electron chi connectivity index (χ1n) is 9.10. The van der Waals surface area contributed by atoms with Gasteiger partial charge in [0.05, 0.1) is 19.9 Å². The minimum atomic E-state index is -1.06. The van der Waals surface area contributed by atoms with E-state index in [0.29, 0.717) is 12.5 Å². The lowest BCUT2D eigenvalue weighted by Crippen LogP contribution is -2.47. The molecule has 1 aromatic carbocycles. The number of anilines is 2. The molecule has 0 saturated carbocycles. The van der Waals surface area contributed by atoms with Crippen LogP contribution in [0.5, 0.6) is 11.5 Å². The van der Waals surface area contributed by atoms with Crippen molar-refractivity contribution in [2.75, 3.05) is 63.7 Å². The summed E-state index contributed by atoms with van der Waals surface area (Å²) in [7, 11) is 3.33. The van der Waals surface area contributed by atoms with E-state index >= 15 is 0 Å². The number of nitrogens with one attached hydrogen (secondary N) is 1. The summed E-state index contributed by atoms with van der Waals surface area (Å²) in [5, 5.41) is 12.1. The lowest BCUT2D eigenvalue weighted by atomic mass is 10.2. The Labute approximate surface area is 163 Å². The van der Waals surface area contributed by atoms with Crippen molar-refractivity contribution in [2.24, 2.45) is 0 Å². The highest BCUT2D eigenvalue weighted by Crippen LogP contribution is 2.32. The Morgan fingerprint density at radius 1 is 1.18 bits per heavy atom. The van der Waals surface area contributed by atoms with Crippen LogP contribution in [0, 0.1) is 0 Å². The van der Waals surface area contributed by atoms with Gasteiger partial charge in [-0.05, 0) is 18.2 Å². The molecule has 150 valence electrons. The highest BCUT2D eigenvalue weighted by molar-refractivity contribution is 5.85. The summed E-state index contributed by atoms with van der Waals surface area (Å²) in [5.74, 6) is 0.923. The quantitative estimate of drug-likeness (QED) is 0.696. The summed E-state index contributed by atoms with van der Waals surface area (Å²) in [6.07, 6.45) is 1.44. The third kappa shape index (κ3) is 4.80. The van der Waals surface area contributed by atoms with Crippen LogP contribution in [0.1, 0.15) is 10.5 Å². The van der Waals surface area contributed by atoms with Gasteiger partial charge in [-0.25, -0.2) is 14.8 Å². The number of nitrogens with zero attached hydrogens (tertiary/aromatic N) is 4. The van der Waals surface area contributed by atoms with Gasteiger partial charge in [0.15, 0.2) is 5.69 Å². The van der Waals surface area contributed by atoms with Crippen LogP contribution in [-0.2, 0) is 0 Å². The minimum absolute atomic E-state index is 0.0154. The first kappa shape index (κ1) is 19.7. The fraction of sp³-hybridized carbons (Fsp3) is 0.421. The predicted molar refractivity (Wildman–Crippen MR) is 106 cm³/mol. The average Bonchev–Trinajstić information content (AvgIpc) is 2.74. The van der Waals surface area contributed by atoms with Crippen LogP contribution in [0.15, 0.2) is 30.5 Å².